The van der Waals surface area contributed by atoms with Gasteiger partial charge in [-0.25, -0.2) is 9.59 Å². The van der Waals surface area contributed by atoms with Crippen molar-refractivity contribution in [3.05, 3.63) is 55.6 Å². The summed E-state index contributed by atoms with van der Waals surface area (Å²) >= 11 is 12.8. The Labute approximate surface area is 210 Å². The van der Waals surface area contributed by atoms with Crippen LogP contribution in [0, 0.1) is 5.92 Å². The number of anilines is 1. The highest BCUT2D eigenvalue weighted by atomic mass is 35.5. The molecule has 0 amide bonds. The van der Waals surface area contributed by atoms with E-state index in [2.05, 4.69) is 25.0 Å². The van der Waals surface area contributed by atoms with Gasteiger partial charge < -0.3 is 19.5 Å². The summed E-state index contributed by atoms with van der Waals surface area (Å²) in [5.41, 5.74) is 1.30. The second kappa shape index (κ2) is 12.0. The fraction of sp³-hybridized carbons (Fsp3) is 0.409. The molecule has 11 nitrogen and oxygen atoms in total. The van der Waals surface area contributed by atoms with Crippen molar-refractivity contribution in [2.75, 3.05) is 38.8 Å². The summed E-state index contributed by atoms with van der Waals surface area (Å²) < 4.78 is 20.4. The number of esters is 2. The number of nitrogens with zero attached hydrogens (tertiary/aromatic N) is 2. The van der Waals surface area contributed by atoms with E-state index in [9.17, 15) is 14.4 Å². The topological polar surface area (TPSA) is 145 Å². The van der Waals surface area contributed by atoms with Gasteiger partial charge in [0.1, 0.15) is 5.92 Å². The summed E-state index contributed by atoms with van der Waals surface area (Å²) in [5.74, 6) is -3.55. The molecule has 1 aromatic heterocycles. The van der Waals surface area contributed by atoms with Gasteiger partial charge in [0.15, 0.2) is 0 Å². The quantitative estimate of drug-likeness (QED) is 0.352. The van der Waals surface area contributed by atoms with E-state index in [0.29, 0.717) is 11.3 Å². The van der Waals surface area contributed by atoms with Gasteiger partial charge in [-0.3, -0.25) is 19.3 Å². The number of aromatic amines is 1. The number of methoxy groups -OCH3 is 1. The third-order valence-electron chi connectivity index (χ3n) is 5.20. The highest BCUT2D eigenvalue weighted by molar-refractivity contribution is 6.42. The van der Waals surface area contributed by atoms with Crippen LogP contribution in [-0.4, -0.2) is 61.3 Å². The molecule has 35 heavy (non-hydrogen) atoms. The molecule has 0 aliphatic carbocycles. The van der Waals surface area contributed by atoms with Gasteiger partial charge >= 0.3 is 17.7 Å². The van der Waals surface area contributed by atoms with Crippen molar-refractivity contribution < 1.29 is 28.3 Å². The zero-order valence-corrected chi connectivity index (χ0v) is 20.7. The number of halogens is 2. The van der Waals surface area contributed by atoms with E-state index in [0.717, 1.165) is 0 Å². The summed E-state index contributed by atoms with van der Waals surface area (Å²) in [6.45, 7) is 3.83. The van der Waals surface area contributed by atoms with Crippen LogP contribution in [0.4, 0.5) is 5.95 Å². The number of aromatic nitrogens is 2. The lowest BCUT2D eigenvalue weighted by Crippen LogP contribution is -2.37. The Morgan fingerprint density at radius 2 is 2.06 bits per heavy atom. The Bertz CT molecular complexity index is 1200. The first-order valence-corrected chi connectivity index (χ1v) is 11.4. The number of rotatable bonds is 10. The summed E-state index contributed by atoms with van der Waals surface area (Å²) in [7, 11) is 1.26. The van der Waals surface area contributed by atoms with Crippen molar-refractivity contribution >= 4 is 46.8 Å². The number of hydrogen-bond acceptors (Lipinski definition) is 10. The molecule has 1 aliphatic heterocycles. The lowest BCUT2D eigenvalue weighted by atomic mass is 9.75. The molecule has 2 heterocycles. The van der Waals surface area contributed by atoms with Crippen molar-refractivity contribution in [1.29, 1.82) is 0 Å². The molecule has 1 aliphatic rings. The van der Waals surface area contributed by atoms with Crippen molar-refractivity contribution in [1.82, 2.24) is 10.1 Å². The molecule has 2 aromatic rings. The van der Waals surface area contributed by atoms with Gasteiger partial charge in [-0.2, -0.15) is 0 Å². The molecule has 0 fully saturated rings. The van der Waals surface area contributed by atoms with Crippen LogP contribution in [0.15, 0.2) is 43.8 Å². The number of carbonyl (C=O) groups excluding carboxylic acids is 2. The lowest BCUT2D eigenvalue weighted by molar-refractivity contribution is -0.144. The van der Waals surface area contributed by atoms with Gasteiger partial charge in [0, 0.05) is 18.2 Å². The Kier molecular flexibility index (Phi) is 9.07. The number of carbonyl (C=O) groups is 2. The number of ether oxygens (including phenoxy) is 3. The smallest absolute Gasteiger partial charge is 0.440 e. The summed E-state index contributed by atoms with van der Waals surface area (Å²) in [5, 5.41) is 6.79. The maximum atomic E-state index is 13.1. The van der Waals surface area contributed by atoms with Crippen LogP contribution in [0.5, 0.6) is 0 Å². The predicted molar refractivity (Wildman–Crippen MR) is 128 cm³/mol. The minimum Gasteiger partial charge on any atom is -0.468 e. The first kappa shape index (κ1) is 26.5. The normalized spacial score (nSPS) is 17.7. The van der Waals surface area contributed by atoms with Crippen molar-refractivity contribution in [2.24, 2.45) is 10.9 Å². The Morgan fingerprint density at radius 3 is 2.71 bits per heavy atom. The van der Waals surface area contributed by atoms with Crippen LogP contribution in [0.2, 0.25) is 10.0 Å². The molecule has 2 atom stereocenters. The zero-order valence-electron chi connectivity index (χ0n) is 19.2. The molecule has 0 radical (unpaired) electrons. The molecule has 0 saturated carbocycles. The highest BCUT2D eigenvalue weighted by Gasteiger charge is 2.44. The molecule has 188 valence electrons. The van der Waals surface area contributed by atoms with E-state index < -0.39 is 29.5 Å². The van der Waals surface area contributed by atoms with E-state index in [1.165, 1.54) is 7.11 Å². The highest BCUT2D eigenvalue weighted by Crippen LogP contribution is 2.44. The van der Waals surface area contributed by atoms with Gasteiger partial charge in [0.05, 0.1) is 48.2 Å². The van der Waals surface area contributed by atoms with Crippen LogP contribution in [-0.2, 0) is 23.8 Å². The second-order valence-electron chi connectivity index (χ2n) is 7.38. The fourth-order valence-corrected chi connectivity index (χ4v) is 4.16. The largest absolute Gasteiger partial charge is 0.468 e. The van der Waals surface area contributed by atoms with E-state index in [1.807, 2.05) is 0 Å². The third kappa shape index (κ3) is 6.11. The van der Waals surface area contributed by atoms with Crippen molar-refractivity contribution in [3.8, 4) is 0 Å². The molecule has 2 N–H and O–H groups in total. The SMILES string of the molecule is CCOC(=O)C1=C(COCCNc2noc(=O)[nH]2)N=C(C)C(C(=O)OC)C1c1cccc(Cl)c1Cl. The molecular formula is C22H24Cl2N4O7. The van der Waals surface area contributed by atoms with Crippen molar-refractivity contribution in [3.63, 3.8) is 0 Å². The van der Waals surface area contributed by atoms with Crippen LogP contribution in [0.25, 0.3) is 0 Å². The molecule has 13 heteroatoms. The number of H-pyrrole nitrogens is 1. The van der Waals surface area contributed by atoms with Gasteiger partial charge in [-0.15, -0.1) is 0 Å². The average Bonchev–Trinajstić information content (AvgIpc) is 3.24. The Morgan fingerprint density at radius 1 is 1.29 bits per heavy atom. The number of nitrogens with one attached hydrogen (secondary N) is 2. The Hall–Kier alpha value is -3.15. The van der Waals surface area contributed by atoms with Crippen LogP contribution >= 0.6 is 23.2 Å². The van der Waals surface area contributed by atoms with E-state index in [1.54, 1.807) is 32.0 Å². The van der Waals surface area contributed by atoms with Crippen LogP contribution < -0.4 is 11.1 Å². The van der Waals surface area contributed by atoms with E-state index >= 15 is 0 Å². The molecule has 0 bridgehead atoms. The maximum Gasteiger partial charge on any atom is 0.440 e. The minimum absolute atomic E-state index is 0.0644. The van der Waals surface area contributed by atoms with E-state index in [4.69, 9.17) is 37.4 Å². The van der Waals surface area contributed by atoms with Crippen LogP contribution in [0.3, 0.4) is 0 Å². The van der Waals surface area contributed by atoms with Gasteiger partial charge in [0.25, 0.3) is 0 Å². The summed E-state index contributed by atoms with van der Waals surface area (Å²) in [6.07, 6.45) is 0. The molecule has 1 aromatic carbocycles. The first-order chi connectivity index (χ1) is 16.8. The third-order valence-corrected chi connectivity index (χ3v) is 6.04. The second-order valence-corrected chi connectivity index (χ2v) is 8.16. The molecule has 0 spiro atoms. The lowest BCUT2D eigenvalue weighted by Gasteiger charge is -2.32. The maximum absolute atomic E-state index is 13.1. The average molecular weight is 527 g/mol. The van der Waals surface area contributed by atoms with Crippen molar-refractivity contribution in [2.45, 2.75) is 19.8 Å². The summed E-state index contributed by atoms with van der Waals surface area (Å²) in [4.78, 5) is 43.8. The van der Waals surface area contributed by atoms with E-state index in [-0.39, 0.29) is 53.6 Å². The van der Waals surface area contributed by atoms with Crippen LogP contribution in [0.1, 0.15) is 25.3 Å². The van der Waals surface area contributed by atoms with Gasteiger partial charge in [-0.05, 0) is 30.6 Å². The number of hydrogen-bond donors (Lipinski definition) is 2. The molecule has 2 unspecified atom stereocenters. The van der Waals surface area contributed by atoms with Gasteiger partial charge in [0.2, 0.25) is 5.95 Å². The predicted octanol–water partition coefficient (Wildman–Crippen LogP) is 2.96. The monoisotopic (exact) mass is 526 g/mol. The van der Waals surface area contributed by atoms with Gasteiger partial charge in [-0.1, -0.05) is 35.3 Å². The number of aliphatic imine (C=N–C) groups is 1. The number of benzene rings is 1. The standard InChI is InChI=1S/C22H24Cl2N4O7/c1-4-34-20(30)17-14(10-33-9-8-25-21-27-22(31)35-28-21)26-11(2)15(19(29)32-3)16(17)12-6-5-7-13(23)18(12)24/h5-7,15-16H,4,8-10H2,1-3H3,(H2,25,27,28,31). The first-order valence-electron chi connectivity index (χ1n) is 10.6. The minimum atomic E-state index is -0.926. The zero-order chi connectivity index (χ0) is 25.5. The molecular weight excluding hydrogens is 503 g/mol. The molecule has 0 saturated heterocycles. The fourth-order valence-electron chi connectivity index (χ4n) is 3.74. The summed E-state index contributed by atoms with van der Waals surface area (Å²) in [6, 6.07) is 4.97. The Balaban J connectivity index is 1.95. The molecule has 3 rings (SSSR count).